The van der Waals surface area contributed by atoms with E-state index in [0.29, 0.717) is 17.8 Å². The first-order valence-electron chi connectivity index (χ1n) is 7.34. The van der Waals surface area contributed by atoms with Crippen molar-refractivity contribution in [2.24, 2.45) is 0 Å². The summed E-state index contributed by atoms with van der Waals surface area (Å²) in [5.41, 5.74) is 4.04. The van der Waals surface area contributed by atoms with Gasteiger partial charge >= 0.3 is 0 Å². The zero-order valence-corrected chi connectivity index (χ0v) is 12.8. The molecule has 0 atom stereocenters. The quantitative estimate of drug-likeness (QED) is 0.447. The Morgan fingerprint density at radius 1 is 1.29 bits per heavy atom. The van der Waals surface area contributed by atoms with Gasteiger partial charge in [-0.1, -0.05) is 0 Å². The monoisotopic (exact) mass is 319 g/mol. The van der Waals surface area contributed by atoms with E-state index in [2.05, 4.69) is 20.6 Å². The van der Waals surface area contributed by atoms with Gasteiger partial charge in [0.1, 0.15) is 0 Å². The molecule has 7 heteroatoms. The van der Waals surface area contributed by atoms with Gasteiger partial charge in [0.25, 0.3) is 0 Å². The van der Waals surface area contributed by atoms with Crippen LogP contribution in [0.5, 0.6) is 0 Å². The van der Waals surface area contributed by atoms with Crippen molar-refractivity contribution < 1.29 is 9.59 Å². The van der Waals surface area contributed by atoms with E-state index in [1.807, 2.05) is 18.2 Å². The SMILES string of the molecule is CC(=O)c1ccc2[nH]ncc2c1-c1ccn2nc(NC=O)cc2c1. The molecule has 3 heterocycles. The predicted octanol–water partition coefficient (Wildman–Crippen LogP) is 2.65. The Balaban J connectivity index is 1.97. The zero-order valence-electron chi connectivity index (χ0n) is 12.8. The van der Waals surface area contributed by atoms with Crippen LogP contribution >= 0.6 is 0 Å². The predicted molar refractivity (Wildman–Crippen MR) is 90.0 cm³/mol. The minimum atomic E-state index is -0.00945. The lowest BCUT2D eigenvalue weighted by molar-refractivity contribution is -0.105. The van der Waals surface area contributed by atoms with Crippen molar-refractivity contribution >= 4 is 34.4 Å². The summed E-state index contributed by atoms with van der Waals surface area (Å²) in [6, 6.07) is 9.24. The molecule has 4 rings (SSSR count). The van der Waals surface area contributed by atoms with Gasteiger partial charge in [-0.3, -0.25) is 14.7 Å². The number of ketones is 1. The molecule has 0 aliphatic heterocycles. The van der Waals surface area contributed by atoms with Gasteiger partial charge in [0, 0.05) is 28.8 Å². The molecule has 24 heavy (non-hydrogen) atoms. The van der Waals surface area contributed by atoms with E-state index < -0.39 is 0 Å². The average molecular weight is 319 g/mol. The molecular weight excluding hydrogens is 306 g/mol. The highest BCUT2D eigenvalue weighted by Gasteiger charge is 2.15. The zero-order chi connectivity index (χ0) is 16.7. The van der Waals surface area contributed by atoms with Gasteiger partial charge < -0.3 is 5.32 Å². The van der Waals surface area contributed by atoms with Crippen molar-refractivity contribution in [1.82, 2.24) is 19.8 Å². The molecule has 1 aromatic carbocycles. The molecule has 7 nitrogen and oxygen atoms in total. The van der Waals surface area contributed by atoms with Crippen LogP contribution < -0.4 is 5.32 Å². The number of nitrogens with zero attached hydrogens (tertiary/aromatic N) is 3. The summed E-state index contributed by atoms with van der Waals surface area (Å²) in [6.07, 6.45) is 4.10. The van der Waals surface area contributed by atoms with Crippen LogP contribution in [0.25, 0.3) is 27.5 Å². The van der Waals surface area contributed by atoms with E-state index in [9.17, 15) is 9.59 Å². The lowest BCUT2D eigenvalue weighted by atomic mass is 9.94. The fraction of sp³-hybridized carbons (Fsp3) is 0.0588. The van der Waals surface area contributed by atoms with E-state index in [0.717, 1.165) is 27.5 Å². The molecule has 0 aliphatic carbocycles. The molecule has 0 bridgehead atoms. The Morgan fingerprint density at radius 2 is 2.17 bits per heavy atom. The number of fused-ring (bicyclic) bond motifs is 2. The van der Waals surface area contributed by atoms with Gasteiger partial charge in [-0.2, -0.15) is 10.2 Å². The number of carbonyl (C=O) groups excluding carboxylic acids is 2. The highest BCUT2D eigenvalue weighted by atomic mass is 16.1. The van der Waals surface area contributed by atoms with Crippen molar-refractivity contribution in [1.29, 1.82) is 0 Å². The summed E-state index contributed by atoms with van der Waals surface area (Å²) in [6.45, 7) is 1.55. The molecule has 0 aliphatic rings. The second kappa shape index (κ2) is 5.31. The van der Waals surface area contributed by atoms with E-state index in [1.54, 1.807) is 36.0 Å². The van der Waals surface area contributed by atoms with Gasteiger partial charge in [0.2, 0.25) is 6.41 Å². The fourth-order valence-corrected chi connectivity index (χ4v) is 2.90. The standard InChI is InChI=1S/C17H13N5O2/c1-10(24)13-2-3-15-14(8-19-20-15)17(13)11-4-5-22-12(6-11)7-16(21-22)18-9-23/h2-9H,1H3,(H,19,20)(H,18,21,23). The Morgan fingerprint density at radius 3 is 2.96 bits per heavy atom. The third kappa shape index (κ3) is 2.14. The van der Waals surface area contributed by atoms with Gasteiger partial charge in [-0.15, -0.1) is 0 Å². The van der Waals surface area contributed by atoms with Crippen molar-refractivity contribution in [3.8, 4) is 11.1 Å². The summed E-state index contributed by atoms with van der Waals surface area (Å²) in [4.78, 5) is 22.6. The van der Waals surface area contributed by atoms with E-state index in [4.69, 9.17) is 0 Å². The number of Topliss-reactive ketones (excluding diaryl/α,β-unsaturated/α-hetero) is 1. The number of pyridine rings is 1. The molecule has 0 saturated heterocycles. The van der Waals surface area contributed by atoms with E-state index >= 15 is 0 Å². The number of anilines is 1. The topological polar surface area (TPSA) is 92.2 Å². The number of aromatic nitrogens is 4. The first kappa shape index (κ1) is 14.1. The molecule has 0 radical (unpaired) electrons. The van der Waals surface area contributed by atoms with Crippen LogP contribution in [-0.4, -0.2) is 32.0 Å². The number of hydrogen-bond acceptors (Lipinski definition) is 4. The summed E-state index contributed by atoms with van der Waals surface area (Å²) >= 11 is 0. The number of benzene rings is 1. The van der Waals surface area contributed by atoms with Crippen LogP contribution in [0.15, 0.2) is 42.7 Å². The molecule has 0 fully saturated rings. The van der Waals surface area contributed by atoms with E-state index in [1.165, 1.54) is 0 Å². The van der Waals surface area contributed by atoms with Crippen LogP contribution in [0.2, 0.25) is 0 Å². The van der Waals surface area contributed by atoms with Gasteiger partial charge in [0.05, 0.1) is 17.2 Å². The molecular formula is C17H13N5O2. The number of carbonyl (C=O) groups is 2. The van der Waals surface area contributed by atoms with Crippen molar-refractivity contribution in [3.63, 3.8) is 0 Å². The normalized spacial score (nSPS) is 11.0. The molecule has 0 spiro atoms. The van der Waals surface area contributed by atoms with Gasteiger partial charge in [-0.05, 0) is 36.8 Å². The van der Waals surface area contributed by atoms with Crippen LogP contribution in [0.4, 0.5) is 5.82 Å². The van der Waals surface area contributed by atoms with Crippen molar-refractivity contribution in [3.05, 3.63) is 48.3 Å². The third-order valence-corrected chi connectivity index (χ3v) is 3.96. The minimum Gasteiger partial charge on any atom is -0.312 e. The smallest absolute Gasteiger partial charge is 0.212 e. The van der Waals surface area contributed by atoms with Crippen molar-refractivity contribution in [2.75, 3.05) is 5.32 Å². The maximum atomic E-state index is 12.1. The van der Waals surface area contributed by atoms with Crippen LogP contribution in [0.3, 0.4) is 0 Å². The van der Waals surface area contributed by atoms with Crippen LogP contribution in [0.1, 0.15) is 17.3 Å². The Kier molecular flexibility index (Phi) is 3.13. The van der Waals surface area contributed by atoms with Crippen LogP contribution in [-0.2, 0) is 4.79 Å². The third-order valence-electron chi connectivity index (χ3n) is 3.96. The molecule has 1 amide bonds. The molecule has 4 aromatic rings. The summed E-state index contributed by atoms with van der Waals surface area (Å²) in [7, 11) is 0. The molecule has 0 saturated carbocycles. The highest BCUT2D eigenvalue weighted by Crippen LogP contribution is 2.32. The van der Waals surface area contributed by atoms with Gasteiger partial charge in [-0.25, -0.2) is 4.52 Å². The minimum absolute atomic E-state index is 0.00945. The van der Waals surface area contributed by atoms with Crippen molar-refractivity contribution in [2.45, 2.75) is 6.92 Å². The second-order valence-electron chi connectivity index (χ2n) is 5.45. The molecule has 0 unspecified atom stereocenters. The Labute approximate surface area is 136 Å². The number of hydrogen-bond donors (Lipinski definition) is 2. The first-order chi connectivity index (χ1) is 11.7. The first-order valence-corrected chi connectivity index (χ1v) is 7.34. The largest absolute Gasteiger partial charge is 0.312 e. The second-order valence-corrected chi connectivity index (χ2v) is 5.45. The molecule has 118 valence electrons. The number of aromatic amines is 1. The number of amides is 1. The maximum absolute atomic E-state index is 12.1. The van der Waals surface area contributed by atoms with Crippen LogP contribution in [0, 0.1) is 0 Å². The summed E-state index contributed by atoms with van der Waals surface area (Å²) in [5.74, 6) is 0.459. The lowest BCUT2D eigenvalue weighted by Crippen LogP contribution is -1.97. The maximum Gasteiger partial charge on any atom is 0.212 e. The van der Waals surface area contributed by atoms with E-state index in [-0.39, 0.29) is 5.78 Å². The molecule has 3 aromatic heterocycles. The average Bonchev–Trinajstić information content (AvgIpc) is 3.19. The highest BCUT2D eigenvalue weighted by molar-refractivity contribution is 6.09. The van der Waals surface area contributed by atoms with Gasteiger partial charge in [0.15, 0.2) is 11.6 Å². The molecule has 2 N–H and O–H groups in total. The summed E-state index contributed by atoms with van der Waals surface area (Å²) < 4.78 is 1.66. The number of nitrogens with one attached hydrogen (secondary N) is 2. The number of H-pyrrole nitrogens is 1. The lowest BCUT2D eigenvalue weighted by Gasteiger charge is -2.09. The fourth-order valence-electron chi connectivity index (χ4n) is 2.90. The Hall–Kier alpha value is -3.48. The summed E-state index contributed by atoms with van der Waals surface area (Å²) in [5, 5.41) is 14.7. The Bertz CT molecular complexity index is 1090. The number of rotatable bonds is 4.